The summed E-state index contributed by atoms with van der Waals surface area (Å²) in [7, 11) is 0. The summed E-state index contributed by atoms with van der Waals surface area (Å²) in [5, 5.41) is 4.05. The number of fused-ring (bicyclic) bond motifs is 2. The number of hydrogen-bond donors (Lipinski definition) is 0. The van der Waals surface area contributed by atoms with Crippen molar-refractivity contribution in [2.24, 2.45) is 0 Å². The van der Waals surface area contributed by atoms with Crippen LogP contribution in [-0.2, 0) is 14.3 Å². The Kier molecular flexibility index (Phi) is 3.74. The third-order valence-electron chi connectivity index (χ3n) is 4.17. The predicted molar refractivity (Wildman–Crippen MR) is 69.2 cm³/mol. The minimum Gasteiger partial charge on any atom is -0.465 e. The van der Waals surface area contributed by atoms with E-state index in [2.05, 4.69) is 10.1 Å². The molecule has 6 heteroatoms. The van der Waals surface area contributed by atoms with E-state index in [1.54, 1.807) is 6.92 Å². The van der Waals surface area contributed by atoms with Crippen molar-refractivity contribution >= 4 is 5.97 Å². The standard InChI is InChI=1S/C14H20N2O4/c1-3-9(14(17)18-4-2)13-15-12(16-20-13)10-7-8-5-6-11(10)19-8/h8-11H,3-7H2,1-2H3. The summed E-state index contributed by atoms with van der Waals surface area (Å²) in [5.74, 6) is 0.495. The van der Waals surface area contributed by atoms with E-state index in [1.807, 2.05) is 6.92 Å². The summed E-state index contributed by atoms with van der Waals surface area (Å²) in [6.45, 7) is 4.05. The van der Waals surface area contributed by atoms with Crippen molar-refractivity contribution in [1.82, 2.24) is 10.1 Å². The molecule has 110 valence electrons. The second-order valence-corrected chi connectivity index (χ2v) is 5.42. The lowest BCUT2D eigenvalue weighted by atomic mass is 9.89. The molecule has 1 aromatic heterocycles. The van der Waals surface area contributed by atoms with Gasteiger partial charge in [0.1, 0.15) is 5.92 Å². The van der Waals surface area contributed by atoms with E-state index >= 15 is 0 Å². The van der Waals surface area contributed by atoms with E-state index in [1.165, 1.54) is 0 Å². The highest BCUT2D eigenvalue weighted by Crippen LogP contribution is 2.43. The van der Waals surface area contributed by atoms with E-state index in [0.29, 0.717) is 30.8 Å². The summed E-state index contributed by atoms with van der Waals surface area (Å²) in [6.07, 6.45) is 4.31. The Bertz CT molecular complexity index is 487. The Balaban J connectivity index is 1.74. The van der Waals surface area contributed by atoms with Gasteiger partial charge < -0.3 is 14.0 Å². The van der Waals surface area contributed by atoms with Gasteiger partial charge >= 0.3 is 5.97 Å². The second-order valence-electron chi connectivity index (χ2n) is 5.42. The number of ether oxygens (including phenoxy) is 2. The fraction of sp³-hybridized carbons (Fsp3) is 0.786. The van der Waals surface area contributed by atoms with Crippen LogP contribution in [0.15, 0.2) is 4.52 Å². The number of nitrogens with zero attached hydrogens (tertiary/aromatic N) is 2. The molecule has 0 amide bonds. The molecule has 0 N–H and O–H groups in total. The minimum absolute atomic E-state index is 0.214. The molecule has 4 atom stereocenters. The van der Waals surface area contributed by atoms with Crippen molar-refractivity contribution in [3.8, 4) is 0 Å². The van der Waals surface area contributed by atoms with Crippen LogP contribution in [0, 0.1) is 0 Å². The first-order valence-corrected chi connectivity index (χ1v) is 7.38. The molecule has 2 bridgehead atoms. The van der Waals surface area contributed by atoms with Crippen molar-refractivity contribution < 1.29 is 18.8 Å². The molecule has 4 unspecified atom stereocenters. The Morgan fingerprint density at radius 1 is 1.45 bits per heavy atom. The Morgan fingerprint density at radius 3 is 2.90 bits per heavy atom. The van der Waals surface area contributed by atoms with Gasteiger partial charge in [0.2, 0.25) is 5.89 Å². The van der Waals surface area contributed by atoms with Gasteiger partial charge in [-0.2, -0.15) is 4.98 Å². The topological polar surface area (TPSA) is 74.5 Å². The number of carbonyl (C=O) groups excluding carboxylic acids is 1. The molecule has 0 aliphatic carbocycles. The fourth-order valence-corrected chi connectivity index (χ4v) is 3.13. The lowest BCUT2D eigenvalue weighted by Gasteiger charge is -2.14. The van der Waals surface area contributed by atoms with Crippen LogP contribution in [0.3, 0.4) is 0 Å². The zero-order valence-corrected chi connectivity index (χ0v) is 11.9. The Morgan fingerprint density at radius 2 is 2.30 bits per heavy atom. The van der Waals surface area contributed by atoms with Crippen LogP contribution in [0.2, 0.25) is 0 Å². The van der Waals surface area contributed by atoms with E-state index in [-0.39, 0.29) is 18.0 Å². The summed E-state index contributed by atoms with van der Waals surface area (Å²) >= 11 is 0. The lowest BCUT2D eigenvalue weighted by molar-refractivity contribution is -0.145. The fourth-order valence-electron chi connectivity index (χ4n) is 3.13. The highest BCUT2D eigenvalue weighted by Gasteiger charge is 2.44. The first kappa shape index (κ1) is 13.5. The summed E-state index contributed by atoms with van der Waals surface area (Å²) in [6, 6.07) is 0. The van der Waals surface area contributed by atoms with Crippen LogP contribution in [0.25, 0.3) is 0 Å². The third kappa shape index (κ3) is 2.32. The van der Waals surface area contributed by atoms with Crippen LogP contribution in [0.5, 0.6) is 0 Å². The SMILES string of the molecule is CCOC(=O)C(CC)c1nc(C2CC3CCC2O3)no1. The molecule has 0 aromatic carbocycles. The maximum absolute atomic E-state index is 11.9. The molecule has 0 radical (unpaired) electrons. The van der Waals surface area contributed by atoms with Gasteiger partial charge in [0.25, 0.3) is 0 Å². The Hall–Kier alpha value is -1.43. The van der Waals surface area contributed by atoms with Crippen LogP contribution in [-0.4, -0.2) is 34.9 Å². The van der Waals surface area contributed by atoms with Gasteiger partial charge in [-0.3, -0.25) is 4.79 Å². The van der Waals surface area contributed by atoms with Gasteiger partial charge in [0.15, 0.2) is 5.82 Å². The Labute approximate surface area is 117 Å². The zero-order valence-electron chi connectivity index (χ0n) is 11.9. The highest BCUT2D eigenvalue weighted by molar-refractivity contribution is 5.76. The van der Waals surface area contributed by atoms with Crippen LogP contribution in [0.4, 0.5) is 0 Å². The maximum Gasteiger partial charge on any atom is 0.318 e. The van der Waals surface area contributed by atoms with Crippen molar-refractivity contribution in [2.45, 2.75) is 63.6 Å². The molecular weight excluding hydrogens is 260 g/mol. The first-order chi connectivity index (χ1) is 9.72. The smallest absolute Gasteiger partial charge is 0.318 e. The van der Waals surface area contributed by atoms with E-state index < -0.39 is 5.92 Å². The summed E-state index contributed by atoms with van der Waals surface area (Å²) in [4.78, 5) is 16.3. The molecule has 1 aromatic rings. The van der Waals surface area contributed by atoms with Gasteiger partial charge in [-0.25, -0.2) is 0 Å². The molecule has 0 spiro atoms. The number of rotatable bonds is 5. The summed E-state index contributed by atoms with van der Waals surface area (Å²) in [5.41, 5.74) is 0. The van der Waals surface area contributed by atoms with E-state index in [0.717, 1.165) is 19.3 Å². The van der Waals surface area contributed by atoms with Crippen LogP contribution in [0.1, 0.15) is 63.1 Å². The summed E-state index contributed by atoms with van der Waals surface area (Å²) < 4.78 is 16.1. The second kappa shape index (κ2) is 5.52. The molecule has 2 aliphatic heterocycles. The average Bonchev–Trinajstić information content (AvgIpc) is 3.15. The minimum atomic E-state index is -0.462. The van der Waals surface area contributed by atoms with Crippen LogP contribution >= 0.6 is 0 Å². The number of carbonyl (C=O) groups is 1. The van der Waals surface area contributed by atoms with Crippen LogP contribution < -0.4 is 0 Å². The molecule has 20 heavy (non-hydrogen) atoms. The molecule has 0 saturated carbocycles. The first-order valence-electron chi connectivity index (χ1n) is 7.38. The third-order valence-corrected chi connectivity index (χ3v) is 4.17. The molecule has 2 fully saturated rings. The lowest BCUT2D eigenvalue weighted by Crippen LogP contribution is -2.17. The van der Waals surface area contributed by atoms with Crippen molar-refractivity contribution in [3.63, 3.8) is 0 Å². The normalized spacial score (nSPS) is 29.6. The van der Waals surface area contributed by atoms with Gasteiger partial charge in [0, 0.05) is 0 Å². The zero-order chi connectivity index (χ0) is 14.1. The largest absolute Gasteiger partial charge is 0.465 e. The van der Waals surface area contributed by atoms with E-state index in [4.69, 9.17) is 14.0 Å². The van der Waals surface area contributed by atoms with E-state index in [9.17, 15) is 4.79 Å². The molecule has 2 saturated heterocycles. The molecule has 2 aliphatic rings. The van der Waals surface area contributed by atoms with Crippen molar-refractivity contribution in [2.75, 3.05) is 6.61 Å². The number of aromatic nitrogens is 2. The monoisotopic (exact) mass is 280 g/mol. The molecule has 3 heterocycles. The van der Waals surface area contributed by atoms with Gasteiger partial charge in [-0.1, -0.05) is 12.1 Å². The quantitative estimate of drug-likeness (QED) is 0.769. The molecular formula is C14H20N2O4. The maximum atomic E-state index is 11.9. The van der Waals surface area contributed by atoms with Crippen molar-refractivity contribution in [1.29, 1.82) is 0 Å². The highest BCUT2D eigenvalue weighted by atomic mass is 16.5. The average molecular weight is 280 g/mol. The number of hydrogen-bond acceptors (Lipinski definition) is 6. The van der Waals surface area contributed by atoms with Gasteiger partial charge in [0.05, 0.1) is 24.7 Å². The molecule has 6 nitrogen and oxygen atoms in total. The van der Waals surface area contributed by atoms with Gasteiger partial charge in [-0.05, 0) is 32.6 Å². The predicted octanol–water partition coefficient (Wildman–Crippen LogP) is 2.16. The number of esters is 1. The van der Waals surface area contributed by atoms with Gasteiger partial charge in [-0.15, -0.1) is 0 Å². The van der Waals surface area contributed by atoms with Crippen molar-refractivity contribution in [3.05, 3.63) is 11.7 Å². The molecule has 3 rings (SSSR count).